The number of aromatic nitrogens is 1. The fraction of sp³-hybridized carbons (Fsp3) is 0.750. The van der Waals surface area contributed by atoms with Crippen molar-refractivity contribution >= 4 is 5.91 Å². The van der Waals surface area contributed by atoms with Crippen LogP contribution >= 0.6 is 0 Å². The van der Waals surface area contributed by atoms with E-state index in [-0.39, 0.29) is 23.8 Å². The molecule has 7 nitrogen and oxygen atoms in total. The summed E-state index contributed by atoms with van der Waals surface area (Å²) in [5.41, 5.74) is 0. The first-order chi connectivity index (χ1) is 11.3. The lowest BCUT2D eigenvalue weighted by Gasteiger charge is -2.33. The molecule has 0 radical (unpaired) electrons. The van der Waals surface area contributed by atoms with E-state index in [9.17, 15) is 4.79 Å². The molecule has 3 aliphatic rings. The Morgan fingerprint density at radius 1 is 1.39 bits per heavy atom. The van der Waals surface area contributed by atoms with Gasteiger partial charge in [0.2, 0.25) is 5.76 Å². The second-order valence-electron chi connectivity index (χ2n) is 6.69. The fourth-order valence-electron chi connectivity index (χ4n) is 4.02. The number of fused-ring (bicyclic) bond motifs is 1. The molecule has 1 aromatic heterocycles. The molecule has 4 atom stereocenters. The summed E-state index contributed by atoms with van der Waals surface area (Å²) in [6, 6.07) is 1.97. The van der Waals surface area contributed by atoms with Crippen LogP contribution in [0.4, 0.5) is 0 Å². The van der Waals surface area contributed by atoms with E-state index in [0.717, 1.165) is 52.2 Å². The van der Waals surface area contributed by atoms with E-state index in [2.05, 4.69) is 15.4 Å². The molecule has 1 N–H and O–H groups in total. The predicted octanol–water partition coefficient (Wildman–Crippen LogP) is 0.673. The molecule has 23 heavy (non-hydrogen) atoms. The second kappa shape index (κ2) is 6.59. The summed E-state index contributed by atoms with van der Waals surface area (Å²) in [5, 5.41) is 6.66. The highest BCUT2D eigenvalue weighted by Crippen LogP contribution is 2.30. The SMILES string of the molecule is O=C(N[C@H]1CN(C[C@H]2CCOC2)[C@@H]2CCCO[C@H]12)c1ccno1. The number of hydrogen-bond donors (Lipinski definition) is 1. The number of carbonyl (C=O) groups excluding carboxylic acids is 1. The maximum absolute atomic E-state index is 12.2. The van der Waals surface area contributed by atoms with Crippen molar-refractivity contribution in [1.29, 1.82) is 0 Å². The summed E-state index contributed by atoms with van der Waals surface area (Å²) in [7, 11) is 0. The first-order valence-electron chi connectivity index (χ1n) is 8.46. The third-order valence-electron chi connectivity index (χ3n) is 5.13. The van der Waals surface area contributed by atoms with E-state index in [1.807, 2.05) is 0 Å². The molecule has 7 heteroatoms. The highest BCUT2D eigenvalue weighted by atomic mass is 16.5. The molecule has 3 saturated heterocycles. The Hall–Kier alpha value is -1.44. The zero-order valence-electron chi connectivity index (χ0n) is 13.1. The molecule has 0 aliphatic carbocycles. The summed E-state index contributed by atoms with van der Waals surface area (Å²) < 4.78 is 16.4. The minimum atomic E-state index is -0.216. The Morgan fingerprint density at radius 3 is 3.13 bits per heavy atom. The summed E-state index contributed by atoms with van der Waals surface area (Å²) >= 11 is 0. The van der Waals surface area contributed by atoms with Crippen LogP contribution in [0.5, 0.6) is 0 Å². The van der Waals surface area contributed by atoms with Crippen LogP contribution in [0.2, 0.25) is 0 Å². The Balaban J connectivity index is 1.43. The van der Waals surface area contributed by atoms with E-state index >= 15 is 0 Å². The molecule has 0 saturated carbocycles. The van der Waals surface area contributed by atoms with Crippen molar-refractivity contribution in [3.8, 4) is 0 Å². The van der Waals surface area contributed by atoms with Gasteiger partial charge >= 0.3 is 0 Å². The predicted molar refractivity (Wildman–Crippen MR) is 81.0 cm³/mol. The number of hydrogen-bond acceptors (Lipinski definition) is 6. The number of ether oxygens (including phenoxy) is 2. The Bertz CT molecular complexity index is 529. The van der Waals surface area contributed by atoms with Crippen LogP contribution in [0.1, 0.15) is 29.8 Å². The minimum absolute atomic E-state index is 0.000205. The van der Waals surface area contributed by atoms with Gasteiger partial charge in [0.25, 0.3) is 5.91 Å². The lowest BCUT2D eigenvalue weighted by atomic mass is 10.00. The van der Waals surface area contributed by atoms with Crippen LogP contribution in [-0.2, 0) is 9.47 Å². The van der Waals surface area contributed by atoms with Crippen molar-refractivity contribution in [3.63, 3.8) is 0 Å². The number of rotatable bonds is 4. The first kappa shape index (κ1) is 15.1. The summed E-state index contributed by atoms with van der Waals surface area (Å²) in [5.74, 6) is 0.632. The number of likely N-dealkylation sites (tertiary alicyclic amines) is 1. The molecule has 0 aromatic carbocycles. The number of amides is 1. The molecular formula is C16H23N3O4. The summed E-state index contributed by atoms with van der Waals surface area (Å²) in [6.07, 6.45) is 4.90. The van der Waals surface area contributed by atoms with E-state index < -0.39 is 0 Å². The first-order valence-corrected chi connectivity index (χ1v) is 8.46. The van der Waals surface area contributed by atoms with E-state index in [0.29, 0.717) is 12.0 Å². The van der Waals surface area contributed by atoms with Crippen molar-refractivity contribution in [2.24, 2.45) is 5.92 Å². The molecule has 4 rings (SSSR count). The fourth-order valence-corrected chi connectivity index (χ4v) is 4.02. The monoisotopic (exact) mass is 321 g/mol. The van der Waals surface area contributed by atoms with E-state index in [1.54, 1.807) is 6.07 Å². The molecular weight excluding hydrogens is 298 g/mol. The van der Waals surface area contributed by atoms with Gasteiger partial charge in [-0.15, -0.1) is 0 Å². The maximum Gasteiger partial charge on any atom is 0.290 e. The van der Waals surface area contributed by atoms with Crippen molar-refractivity contribution in [2.45, 2.75) is 37.5 Å². The van der Waals surface area contributed by atoms with Crippen LogP contribution < -0.4 is 5.32 Å². The molecule has 4 heterocycles. The molecule has 126 valence electrons. The van der Waals surface area contributed by atoms with Gasteiger partial charge in [-0.3, -0.25) is 9.69 Å². The van der Waals surface area contributed by atoms with Crippen LogP contribution in [0.3, 0.4) is 0 Å². The van der Waals surface area contributed by atoms with Gasteiger partial charge in [-0.1, -0.05) is 5.16 Å². The van der Waals surface area contributed by atoms with E-state index in [4.69, 9.17) is 14.0 Å². The molecule has 3 fully saturated rings. The van der Waals surface area contributed by atoms with Gasteiger partial charge in [-0.2, -0.15) is 0 Å². The summed E-state index contributed by atoms with van der Waals surface area (Å²) in [6.45, 7) is 4.35. The molecule has 1 aromatic rings. The number of carbonyl (C=O) groups is 1. The lowest BCUT2D eigenvalue weighted by Crippen LogP contribution is -2.47. The normalized spacial score (nSPS) is 34.4. The van der Waals surface area contributed by atoms with E-state index in [1.165, 1.54) is 6.20 Å². The number of nitrogens with zero attached hydrogens (tertiary/aromatic N) is 2. The molecule has 1 amide bonds. The zero-order chi connectivity index (χ0) is 15.6. The molecule has 3 aliphatic heterocycles. The van der Waals surface area contributed by atoms with Crippen molar-refractivity contribution in [3.05, 3.63) is 18.0 Å². The standard InChI is InChI=1S/C16H23N3O4/c20-16(14-3-5-17-23-14)18-12-9-19(8-11-4-7-21-10-11)13-2-1-6-22-15(12)13/h3,5,11-13,15H,1-2,4,6-10H2,(H,18,20)/t11-,12+,13-,15-/m1/s1. The average Bonchev–Trinajstić information content (AvgIpc) is 3.30. The van der Waals surface area contributed by atoms with Crippen molar-refractivity contribution in [2.75, 3.05) is 32.9 Å². The molecule has 0 unspecified atom stereocenters. The molecule has 0 spiro atoms. The van der Waals surface area contributed by atoms with Gasteiger partial charge in [0.1, 0.15) is 0 Å². The zero-order valence-corrected chi connectivity index (χ0v) is 13.1. The van der Waals surface area contributed by atoms with Gasteiger partial charge < -0.3 is 19.3 Å². The average molecular weight is 321 g/mol. The second-order valence-corrected chi connectivity index (χ2v) is 6.69. The lowest BCUT2D eigenvalue weighted by molar-refractivity contribution is -0.0221. The Labute approximate surface area is 135 Å². The van der Waals surface area contributed by atoms with Gasteiger partial charge in [-0.05, 0) is 25.2 Å². The van der Waals surface area contributed by atoms with Gasteiger partial charge in [0, 0.05) is 38.4 Å². The highest BCUT2D eigenvalue weighted by molar-refractivity contribution is 5.91. The van der Waals surface area contributed by atoms with Gasteiger partial charge in [0.15, 0.2) is 0 Å². The van der Waals surface area contributed by atoms with Gasteiger partial charge in [0.05, 0.1) is 24.9 Å². The van der Waals surface area contributed by atoms with Crippen LogP contribution in [-0.4, -0.2) is 67.1 Å². The van der Waals surface area contributed by atoms with Crippen LogP contribution in [0, 0.1) is 5.92 Å². The minimum Gasteiger partial charge on any atom is -0.381 e. The number of nitrogens with one attached hydrogen (secondary N) is 1. The smallest absolute Gasteiger partial charge is 0.290 e. The maximum atomic E-state index is 12.2. The Kier molecular flexibility index (Phi) is 4.33. The third kappa shape index (κ3) is 3.13. The van der Waals surface area contributed by atoms with Crippen molar-refractivity contribution in [1.82, 2.24) is 15.4 Å². The summed E-state index contributed by atoms with van der Waals surface area (Å²) in [4.78, 5) is 14.7. The van der Waals surface area contributed by atoms with Gasteiger partial charge in [-0.25, -0.2) is 0 Å². The largest absolute Gasteiger partial charge is 0.381 e. The third-order valence-corrected chi connectivity index (χ3v) is 5.13. The van der Waals surface area contributed by atoms with Crippen LogP contribution in [0.15, 0.2) is 16.8 Å². The van der Waals surface area contributed by atoms with Crippen LogP contribution in [0.25, 0.3) is 0 Å². The highest BCUT2D eigenvalue weighted by Gasteiger charge is 2.45. The molecule has 0 bridgehead atoms. The topological polar surface area (TPSA) is 76.8 Å². The van der Waals surface area contributed by atoms with Crippen molar-refractivity contribution < 1.29 is 18.8 Å². The quantitative estimate of drug-likeness (QED) is 0.878. The Morgan fingerprint density at radius 2 is 2.35 bits per heavy atom.